The van der Waals surface area contributed by atoms with E-state index in [1.54, 1.807) is 11.3 Å². The molecule has 0 aromatic carbocycles. The van der Waals surface area contributed by atoms with E-state index in [0.717, 1.165) is 11.4 Å². The maximum Gasteiger partial charge on any atom is 0.0795 e. The van der Waals surface area contributed by atoms with Crippen molar-refractivity contribution in [2.45, 2.75) is 32.9 Å². The quantitative estimate of drug-likeness (QED) is 0.887. The molecule has 2 aromatic heterocycles. The molecule has 1 unspecified atom stereocenters. The highest BCUT2D eigenvalue weighted by Gasteiger charge is 2.08. The van der Waals surface area contributed by atoms with Gasteiger partial charge >= 0.3 is 0 Å². The van der Waals surface area contributed by atoms with Crippen LogP contribution in [-0.4, -0.2) is 14.8 Å². The van der Waals surface area contributed by atoms with Gasteiger partial charge in [-0.25, -0.2) is 4.98 Å². The lowest BCUT2D eigenvalue weighted by atomic mass is 10.2. The van der Waals surface area contributed by atoms with Crippen LogP contribution in [0.2, 0.25) is 0 Å². The highest BCUT2D eigenvalue weighted by atomic mass is 32.1. The molecule has 0 aliphatic carbocycles. The third-order valence-corrected chi connectivity index (χ3v) is 3.01. The normalized spacial score (nSPS) is 13.0. The molecule has 1 atom stereocenters. The van der Waals surface area contributed by atoms with Gasteiger partial charge in [0.1, 0.15) is 0 Å². The van der Waals surface area contributed by atoms with Crippen LogP contribution in [0.4, 0.5) is 5.69 Å². The molecule has 2 aromatic rings. The number of nitrogens with one attached hydrogen (secondary N) is 1. The SMILES string of the molecule is CC(Nc1cnn(C(C)C)c1)c1cscn1. The topological polar surface area (TPSA) is 42.7 Å². The summed E-state index contributed by atoms with van der Waals surface area (Å²) in [6.45, 7) is 6.32. The second-order valence-corrected chi connectivity index (χ2v) is 4.80. The highest BCUT2D eigenvalue weighted by Crippen LogP contribution is 2.19. The van der Waals surface area contributed by atoms with Gasteiger partial charge in [0.2, 0.25) is 0 Å². The third-order valence-electron chi connectivity index (χ3n) is 2.41. The minimum atomic E-state index is 0.219. The van der Waals surface area contributed by atoms with Crippen LogP contribution in [0, 0.1) is 0 Å². The fourth-order valence-electron chi connectivity index (χ4n) is 1.45. The zero-order valence-electron chi connectivity index (χ0n) is 9.71. The van der Waals surface area contributed by atoms with Gasteiger partial charge in [-0.3, -0.25) is 4.68 Å². The predicted octanol–water partition coefficient (Wildman–Crippen LogP) is 3.09. The van der Waals surface area contributed by atoms with E-state index in [2.05, 4.69) is 41.6 Å². The molecule has 1 N–H and O–H groups in total. The average molecular weight is 236 g/mol. The first kappa shape index (κ1) is 11.1. The summed E-state index contributed by atoms with van der Waals surface area (Å²) in [5, 5.41) is 9.73. The van der Waals surface area contributed by atoms with E-state index < -0.39 is 0 Å². The Bertz CT molecular complexity index is 433. The molecule has 0 saturated heterocycles. The summed E-state index contributed by atoms with van der Waals surface area (Å²) in [5.74, 6) is 0. The number of thiazole rings is 1. The predicted molar refractivity (Wildman–Crippen MR) is 66.8 cm³/mol. The van der Waals surface area contributed by atoms with Gasteiger partial charge in [0.05, 0.1) is 29.1 Å². The summed E-state index contributed by atoms with van der Waals surface area (Å²) in [4.78, 5) is 4.28. The molecule has 0 fully saturated rings. The molecular weight excluding hydrogens is 220 g/mol. The zero-order chi connectivity index (χ0) is 11.5. The summed E-state index contributed by atoms with van der Waals surface area (Å²) < 4.78 is 1.94. The minimum absolute atomic E-state index is 0.219. The maximum atomic E-state index is 4.29. The minimum Gasteiger partial charge on any atom is -0.374 e. The Morgan fingerprint density at radius 3 is 2.75 bits per heavy atom. The molecule has 0 spiro atoms. The third kappa shape index (κ3) is 2.41. The molecule has 2 rings (SSSR count). The molecule has 5 heteroatoms. The average Bonchev–Trinajstić information content (AvgIpc) is 2.87. The second kappa shape index (κ2) is 4.65. The van der Waals surface area contributed by atoms with E-state index in [1.165, 1.54) is 0 Å². The van der Waals surface area contributed by atoms with Crippen LogP contribution in [0.3, 0.4) is 0 Å². The Morgan fingerprint density at radius 1 is 1.38 bits per heavy atom. The number of hydrogen-bond acceptors (Lipinski definition) is 4. The van der Waals surface area contributed by atoms with Crippen LogP contribution in [0.15, 0.2) is 23.3 Å². The first-order chi connectivity index (χ1) is 7.66. The van der Waals surface area contributed by atoms with Crippen molar-refractivity contribution in [1.29, 1.82) is 0 Å². The van der Waals surface area contributed by atoms with Gasteiger partial charge in [-0.15, -0.1) is 11.3 Å². The highest BCUT2D eigenvalue weighted by molar-refractivity contribution is 7.07. The standard InChI is InChI=1S/C11H16N4S/c1-8(2)15-5-10(4-13-15)14-9(3)11-6-16-7-12-11/h4-9,14H,1-3H3. The Kier molecular flexibility index (Phi) is 3.24. The summed E-state index contributed by atoms with van der Waals surface area (Å²) in [7, 11) is 0. The Hall–Kier alpha value is -1.36. The van der Waals surface area contributed by atoms with Crippen LogP contribution in [0.25, 0.3) is 0 Å². The Morgan fingerprint density at radius 2 is 2.19 bits per heavy atom. The van der Waals surface area contributed by atoms with Crippen LogP contribution < -0.4 is 5.32 Å². The van der Waals surface area contributed by atoms with Crippen molar-refractivity contribution in [1.82, 2.24) is 14.8 Å². The van der Waals surface area contributed by atoms with Crippen LogP contribution in [0.5, 0.6) is 0 Å². The van der Waals surface area contributed by atoms with Gasteiger partial charge < -0.3 is 5.32 Å². The fourth-order valence-corrected chi connectivity index (χ4v) is 2.10. The maximum absolute atomic E-state index is 4.29. The number of anilines is 1. The largest absolute Gasteiger partial charge is 0.374 e. The van der Waals surface area contributed by atoms with Crippen molar-refractivity contribution in [3.05, 3.63) is 29.0 Å². The van der Waals surface area contributed by atoms with Crippen LogP contribution >= 0.6 is 11.3 Å². The van der Waals surface area contributed by atoms with E-state index in [9.17, 15) is 0 Å². The fraction of sp³-hybridized carbons (Fsp3) is 0.455. The Labute approximate surface area is 99.3 Å². The van der Waals surface area contributed by atoms with Crippen molar-refractivity contribution in [3.63, 3.8) is 0 Å². The van der Waals surface area contributed by atoms with E-state index in [1.807, 2.05) is 22.6 Å². The molecule has 0 aliphatic heterocycles. The van der Waals surface area contributed by atoms with E-state index in [-0.39, 0.29) is 6.04 Å². The lowest BCUT2D eigenvalue weighted by Gasteiger charge is -2.10. The smallest absolute Gasteiger partial charge is 0.0795 e. The lowest BCUT2D eigenvalue weighted by molar-refractivity contribution is 0.532. The summed E-state index contributed by atoms with van der Waals surface area (Å²) in [6, 6.07) is 0.612. The summed E-state index contributed by atoms with van der Waals surface area (Å²) in [6.07, 6.45) is 3.87. The molecule has 86 valence electrons. The van der Waals surface area contributed by atoms with E-state index in [0.29, 0.717) is 6.04 Å². The number of hydrogen-bond donors (Lipinski definition) is 1. The van der Waals surface area contributed by atoms with Crippen molar-refractivity contribution in [2.24, 2.45) is 0 Å². The molecule has 4 nitrogen and oxygen atoms in total. The van der Waals surface area contributed by atoms with Crippen molar-refractivity contribution in [2.75, 3.05) is 5.32 Å². The van der Waals surface area contributed by atoms with Crippen LogP contribution in [-0.2, 0) is 0 Å². The van der Waals surface area contributed by atoms with Crippen molar-refractivity contribution >= 4 is 17.0 Å². The zero-order valence-corrected chi connectivity index (χ0v) is 10.5. The number of nitrogens with zero attached hydrogens (tertiary/aromatic N) is 3. The molecule has 0 saturated carbocycles. The molecule has 16 heavy (non-hydrogen) atoms. The number of aromatic nitrogens is 3. The molecule has 0 bridgehead atoms. The second-order valence-electron chi connectivity index (χ2n) is 4.08. The Balaban J connectivity index is 2.03. The van der Waals surface area contributed by atoms with Crippen molar-refractivity contribution < 1.29 is 0 Å². The molecule has 0 radical (unpaired) electrons. The number of rotatable bonds is 4. The summed E-state index contributed by atoms with van der Waals surface area (Å²) in [5.41, 5.74) is 3.96. The molecular formula is C11H16N4S. The first-order valence-corrected chi connectivity index (χ1v) is 6.30. The lowest BCUT2D eigenvalue weighted by Crippen LogP contribution is -2.06. The van der Waals surface area contributed by atoms with Gasteiger partial charge in [0.15, 0.2) is 0 Å². The van der Waals surface area contributed by atoms with Gasteiger partial charge in [-0.1, -0.05) is 0 Å². The molecule has 2 heterocycles. The molecule has 0 amide bonds. The first-order valence-electron chi connectivity index (χ1n) is 5.35. The molecule has 0 aliphatic rings. The van der Waals surface area contributed by atoms with Crippen molar-refractivity contribution in [3.8, 4) is 0 Å². The van der Waals surface area contributed by atoms with Gasteiger partial charge in [0.25, 0.3) is 0 Å². The van der Waals surface area contributed by atoms with Gasteiger partial charge in [0, 0.05) is 17.6 Å². The van der Waals surface area contributed by atoms with E-state index in [4.69, 9.17) is 0 Å². The van der Waals surface area contributed by atoms with E-state index >= 15 is 0 Å². The summed E-state index contributed by atoms with van der Waals surface area (Å²) >= 11 is 1.62. The van der Waals surface area contributed by atoms with Gasteiger partial charge in [-0.05, 0) is 20.8 Å². The van der Waals surface area contributed by atoms with Gasteiger partial charge in [-0.2, -0.15) is 5.10 Å². The monoisotopic (exact) mass is 236 g/mol. The van der Waals surface area contributed by atoms with Crippen LogP contribution in [0.1, 0.15) is 38.5 Å².